The molecule has 1 N–H and O–H groups in total. The number of urea groups is 1. The summed E-state index contributed by atoms with van der Waals surface area (Å²) in [5.74, 6) is -0.00109. The van der Waals surface area contributed by atoms with Crippen molar-refractivity contribution < 1.29 is 4.79 Å². The van der Waals surface area contributed by atoms with Crippen molar-refractivity contribution in [2.45, 2.75) is 25.7 Å². The number of rotatable bonds is 4. The molecule has 4 heteroatoms. The standard InChI is InChI=1S/C16H21N3O/c17-12-15-9-5-11-19(13-15)16(20)18-10-4-8-14-6-2-1-3-7-14/h1-3,6-7,15H,4-5,8-11,13H2,(H,18,20)/t15-/m0/s1. The third-order valence-electron chi connectivity index (χ3n) is 3.65. The first kappa shape index (κ1) is 14.4. The first-order valence-electron chi connectivity index (χ1n) is 7.26. The minimum Gasteiger partial charge on any atom is -0.338 e. The highest BCUT2D eigenvalue weighted by molar-refractivity contribution is 5.74. The number of carbonyl (C=O) groups excluding carboxylic acids is 1. The lowest BCUT2D eigenvalue weighted by Crippen LogP contribution is -2.45. The van der Waals surface area contributed by atoms with Gasteiger partial charge in [-0.05, 0) is 31.2 Å². The maximum atomic E-state index is 12.0. The van der Waals surface area contributed by atoms with Crippen LogP contribution in [-0.2, 0) is 6.42 Å². The molecule has 0 bridgehead atoms. The van der Waals surface area contributed by atoms with Gasteiger partial charge in [0.2, 0.25) is 0 Å². The molecule has 1 saturated heterocycles. The maximum absolute atomic E-state index is 12.0. The van der Waals surface area contributed by atoms with Crippen LogP contribution in [0.3, 0.4) is 0 Å². The van der Waals surface area contributed by atoms with Crippen molar-refractivity contribution in [2.24, 2.45) is 5.92 Å². The molecule has 0 spiro atoms. The van der Waals surface area contributed by atoms with Gasteiger partial charge in [-0.1, -0.05) is 30.3 Å². The van der Waals surface area contributed by atoms with Gasteiger partial charge in [0.25, 0.3) is 0 Å². The zero-order valence-corrected chi connectivity index (χ0v) is 11.7. The average Bonchev–Trinajstić information content (AvgIpc) is 2.52. The summed E-state index contributed by atoms with van der Waals surface area (Å²) in [6.45, 7) is 2.02. The van der Waals surface area contributed by atoms with Crippen molar-refractivity contribution in [2.75, 3.05) is 19.6 Å². The van der Waals surface area contributed by atoms with Crippen LogP contribution in [0.15, 0.2) is 30.3 Å². The van der Waals surface area contributed by atoms with Crippen molar-refractivity contribution in [3.8, 4) is 6.07 Å². The topological polar surface area (TPSA) is 56.1 Å². The average molecular weight is 271 g/mol. The van der Waals surface area contributed by atoms with Gasteiger partial charge in [0.1, 0.15) is 0 Å². The first-order valence-corrected chi connectivity index (χ1v) is 7.26. The summed E-state index contributed by atoms with van der Waals surface area (Å²) in [5, 5.41) is 11.9. The largest absolute Gasteiger partial charge is 0.338 e. The Labute approximate surface area is 120 Å². The fourth-order valence-electron chi connectivity index (χ4n) is 2.51. The van der Waals surface area contributed by atoms with Crippen LogP contribution in [0.4, 0.5) is 4.79 Å². The first-order chi connectivity index (χ1) is 9.79. The molecule has 1 aromatic rings. The minimum absolute atomic E-state index is 0.00109. The number of amides is 2. The number of hydrogen-bond donors (Lipinski definition) is 1. The monoisotopic (exact) mass is 271 g/mol. The Kier molecular flexibility index (Phi) is 5.43. The SMILES string of the molecule is N#C[C@@H]1CCCN(C(=O)NCCCc2ccccc2)C1. The van der Waals surface area contributed by atoms with Gasteiger partial charge in [0.05, 0.1) is 12.0 Å². The molecule has 4 nitrogen and oxygen atoms in total. The van der Waals surface area contributed by atoms with E-state index in [1.54, 1.807) is 4.90 Å². The second kappa shape index (κ2) is 7.54. The number of nitrogens with one attached hydrogen (secondary N) is 1. The van der Waals surface area contributed by atoms with Crippen molar-refractivity contribution in [1.82, 2.24) is 10.2 Å². The Hall–Kier alpha value is -2.02. The molecule has 1 atom stereocenters. The number of likely N-dealkylation sites (tertiary alicyclic amines) is 1. The summed E-state index contributed by atoms with van der Waals surface area (Å²) in [6, 6.07) is 12.5. The lowest BCUT2D eigenvalue weighted by Gasteiger charge is -2.29. The van der Waals surface area contributed by atoms with Gasteiger partial charge in [-0.3, -0.25) is 0 Å². The molecule has 2 rings (SSSR count). The molecule has 0 unspecified atom stereocenters. The van der Waals surface area contributed by atoms with E-state index in [9.17, 15) is 4.79 Å². The third kappa shape index (κ3) is 4.27. The summed E-state index contributed by atoms with van der Waals surface area (Å²) in [7, 11) is 0. The van der Waals surface area contributed by atoms with Crippen LogP contribution in [0, 0.1) is 17.2 Å². The molecule has 2 amide bonds. The number of aryl methyl sites for hydroxylation is 1. The van der Waals surface area contributed by atoms with Gasteiger partial charge in [0, 0.05) is 19.6 Å². The molecular weight excluding hydrogens is 250 g/mol. The summed E-state index contributed by atoms with van der Waals surface area (Å²) in [6.07, 6.45) is 3.75. The van der Waals surface area contributed by atoms with Crippen molar-refractivity contribution >= 4 is 6.03 Å². The molecule has 0 radical (unpaired) electrons. The van der Waals surface area contributed by atoms with Crippen molar-refractivity contribution in [3.05, 3.63) is 35.9 Å². The van der Waals surface area contributed by atoms with Gasteiger partial charge in [-0.15, -0.1) is 0 Å². The molecule has 1 heterocycles. The predicted molar refractivity (Wildman–Crippen MR) is 78.1 cm³/mol. The number of nitrogens with zero attached hydrogens (tertiary/aromatic N) is 2. The quantitative estimate of drug-likeness (QED) is 0.856. The van der Waals surface area contributed by atoms with Gasteiger partial charge in [-0.2, -0.15) is 5.26 Å². The normalized spacial score (nSPS) is 18.4. The third-order valence-corrected chi connectivity index (χ3v) is 3.65. The Balaban J connectivity index is 1.66. The number of piperidine rings is 1. The van der Waals surface area contributed by atoms with Crippen LogP contribution in [0.5, 0.6) is 0 Å². The van der Waals surface area contributed by atoms with Crippen LogP contribution in [0.2, 0.25) is 0 Å². The van der Waals surface area contributed by atoms with Crippen LogP contribution in [-0.4, -0.2) is 30.6 Å². The Morgan fingerprint density at radius 2 is 2.20 bits per heavy atom. The number of carbonyl (C=O) groups is 1. The number of hydrogen-bond acceptors (Lipinski definition) is 2. The molecule has 106 valence electrons. The molecule has 0 saturated carbocycles. The predicted octanol–water partition coefficient (Wildman–Crippen LogP) is 2.56. The van der Waals surface area contributed by atoms with Gasteiger partial charge in [0.15, 0.2) is 0 Å². The highest BCUT2D eigenvalue weighted by Crippen LogP contribution is 2.15. The fraction of sp³-hybridized carbons (Fsp3) is 0.500. The molecule has 20 heavy (non-hydrogen) atoms. The summed E-state index contributed by atoms with van der Waals surface area (Å²) in [4.78, 5) is 13.7. The lowest BCUT2D eigenvalue weighted by atomic mass is 10.0. The second-order valence-corrected chi connectivity index (χ2v) is 5.24. The molecule has 1 aliphatic rings. The zero-order chi connectivity index (χ0) is 14.2. The molecule has 1 aliphatic heterocycles. The van der Waals surface area contributed by atoms with Crippen molar-refractivity contribution in [3.63, 3.8) is 0 Å². The second-order valence-electron chi connectivity index (χ2n) is 5.24. The Morgan fingerprint density at radius 1 is 1.40 bits per heavy atom. The minimum atomic E-state index is -0.0296. The molecule has 1 aromatic carbocycles. The summed E-state index contributed by atoms with van der Waals surface area (Å²) < 4.78 is 0. The highest BCUT2D eigenvalue weighted by Gasteiger charge is 2.22. The fourth-order valence-corrected chi connectivity index (χ4v) is 2.51. The van der Waals surface area contributed by atoms with Crippen molar-refractivity contribution in [1.29, 1.82) is 5.26 Å². The Morgan fingerprint density at radius 3 is 2.95 bits per heavy atom. The van der Waals surface area contributed by atoms with E-state index in [-0.39, 0.29) is 11.9 Å². The van der Waals surface area contributed by atoms with E-state index in [1.165, 1.54) is 5.56 Å². The Bertz CT molecular complexity index is 466. The number of nitriles is 1. The zero-order valence-electron chi connectivity index (χ0n) is 11.7. The van der Waals surface area contributed by atoms with E-state index in [0.29, 0.717) is 13.1 Å². The van der Waals surface area contributed by atoms with Crippen LogP contribution < -0.4 is 5.32 Å². The van der Waals surface area contributed by atoms with Gasteiger partial charge in [-0.25, -0.2) is 4.79 Å². The van der Waals surface area contributed by atoms with Gasteiger partial charge >= 0.3 is 6.03 Å². The van der Waals surface area contributed by atoms with E-state index < -0.39 is 0 Å². The summed E-state index contributed by atoms with van der Waals surface area (Å²) >= 11 is 0. The smallest absolute Gasteiger partial charge is 0.317 e. The van der Waals surface area contributed by atoms with Gasteiger partial charge < -0.3 is 10.2 Å². The van der Waals surface area contributed by atoms with Crippen LogP contribution >= 0.6 is 0 Å². The van der Waals surface area contributed by atoms with E-state index in [1.807, 2.05) is 18.2 Å². The van der Waals surface area contributed by atoms with E-state index in [2.05, 4.69) is 23.5 Å². The van der Waals surface area contributed by atoms with E-state index >= 15 is 0 Å². The summed E-state index contributed by atoms with van der Waals surface area (Å²) in [5.41, 5.74) is 1.30. The molecule has 1 fully saturated rings. The van der Waals surface area contributed by atoms with Crippen LogP contribution in [0.1, 0.15) is 24.8 Å². The van der Waals surface area contributed by atoms with E-state index in [0.717, 1.165) is 32.2 Å². The highest BCUT2D eigenvalue weighted by atomic mass is 16.2. The molecule has 0 aliphatic carbocycles. The lowest BCUT2D eigenvalue weighted by molar-refractivity contribution is 0.176. The molecular formula is C16H21N3O. The molecule has 0 aromatic heterocycles. The number of benzene rings is 1. The maximum Gasteiger partial charge on any atom is 0.317 e. The van der Waals surface area contributed by atoms with E-state index in [4.69, 9.17) is 5.26 Å². The van der Waals surface area contributed by atoms with Crippen LogP contribution in [0.25, 0.3) is 0 Å².